The highest BCUT2D eigenvalue weighted by molar-refractivity contribution is 6.11. The number of hydrogen-bond acceptors (Lipinski definition) is 6. The number of carbonyl (C=O) groups excluding carboxylic acids is 3. The average molecular weight is 540 g/mol. The minimum absolute atomic E-state index is 0.00731. The molecular formula is C29H39N4O6+. The summed E-state index contributed by atoms with van der Waals surface area (Å²) in [6.07, 6.45) is 4.05. The first-order valence-electron chi connectivity index (χ1n) is 13.4. The summed E-state index contributed by atoms with van der Waals surface area (Å²) in [5, 5.41) is 3.66. The zero-order valence-corrected chi connectivity index (χ0v) is 23.7. The second-order valence-corrected chi connectivity index (χ2v) is 11.1. The first kappa shape index (κ1) is 28.2. The number of para-hydroxylation sites is 1. The lowest BCUT2D eigenvalue weighted by molar-refractivity contribution is -0.732. The molecule has 39 heavy (non-hydrogen) atoms. The van der Waals surface area contributed by atoms with Gasteiger partial charge in [-0.3, -0.25) is 4.79 Å². The monoisotopic (exact) mass is 539 g/mol. The highest BCUT2D eigenvalue weighted by atomic mass is 16.7. The maximum absolute atomic E-state index is 13.5. The van der Waals surface area contributed by atoms with Crippen LogP contribution in [0.4, 0.5) is 9.59 Å². The number of fused-ring (bicyclic) bond motifs is 3. The van der Waals surface area contributed by atoms with E-state index in [2.05, 4.69) is 16.0 Å². The molecule has 0 spiro atoms. The van der Waals surface area contributed by atoms with Crippen LogP contribution >= 0.6 is 0 Å². The predicted octanol–water partition coefficient (Wildman–Crippen LogP) is 4.44. The maximum atomic E-state index is 13.5. The third-order valence-corrected chi connectivity index (χ3v) is 7.09. The molecule has 1 N–H and O–H groups in total. The zero-order valence-electron chi connectivity index (χ0n) is 23.7. The molecule has 0 fully saturated rings. The molecule has 4 rings (SSSR count). The number of nitrogens with one attached hydrogen (secondary N) is 1. The van der Waals surface area contributed by atoms with Gasteiger partial charge < -0.3 is 24.1 Å². The number of rotatable bonds is 8. The number of aromatic nitrogens is 3. The van der Waals surface area contributed by atoms with Gasteiger partial charge in [-0.2, -0.15) is 4.57 Å². The maximum Gasteiger partial charge on any atom is 0.511 e. The topological polar surface area (TPSA) is 105 Å². The summed E-state index contributed by atoms with van der Waals surface area (Å²) < 4.78 is 21.7. The third-order valence-electron chi connectivity index (χ3n) is 7.09. The van der Waals surface area contributed by atoms with Crippen molar-refractivity contribution in [2.45, 2.75) is 78.9 Å². The van der Waals surface area contributed by atoms with Crippen LogP contribution in [-0.2, 0) is 41.0 Å². The van der Waals surface area contributed by atoms with Crippen LogP contribution in [0.3, 0.4) is 0 Å². The lowest BCUT2D eigenvalue weighted by Gasteiger charge is -2.21. The number of imidazole rings is 1. The Bertz CT molecular complexity index is 1370. The van der Waals surface area contributed by atoms with Gasteiger partial charge in [0.2, 0.25) is 6.73 Å². The number of carbonyl (C=O) groups is 3. The fraction of sp³-hybridized carbons (Fsp3) is 0.517. The molecule has 2 heterocycles. The summed E-state index contributed by atoms with van der Waals surface area (Å²) in [5.41, 5.74) is 2.47. The summed E-state index contributed by atoms with van der Waals surface area (Å²) in [6, 6.07) is 8.06. The first-order chi connectivity index (χ1) is 18.4. The largest absolute Gasteiger partial charge is 0.511 e. The van der Waals surface area contributed by atoms with E-state index in [0.717, 1.165) is 40.8 Å². The van der Waals surface area contributed by atoms with Gasteiger partial charge in [-0.1, -0.05) is 18.2 Å². The summed E-state index contributed by atoms with van der Waals surface area (Å²) >= 11 is 0. The predicted molar refractivity (Wildman–Crippen MR) is 144 cm³/mol. The minimum atomic E-state index is -0.787. The molecule has 2 atom stereocenters. The molecule has 0 saturated heterocycles. The molecule has 1 amide bonds. The number of ketones is 1. The molecule has 0 bridgehead atoms. The Balaban J connectivity index is 1.27. The Kier molecular flexibility index (Phi) is 8.32. The van der Waals surface area contributed by atoms with E-state index in [1.807, 2.05) is 49.1 Å². The second-order valence-electron chi connectivity index (χ2n) is 11.1. The van der Waals surface area contributed by atoms with Crippen molar-refractivity contribution in [3.05, 3.63) is 53.7 Å². The molecule has 0 aliphatic heterocycles. The van der Waals surface area contributed by atoms with E-state index < -0.39 is 24.0 Å². The van der Waals surface area contributed by atoms with E-state index in [4.69, 9.17) is 14.2 Å². The number of hydrogen-bond donors (Lipinski definition) is 1. The summed E-state index contributed by atoms with van der Waals surface area (Å²) in [5.74, 6) is 0.931. The van der Waals surface area contributed by atoms with Crippen molar-refractivity contribution in [3.8, 4) is 0 Å². The molecule has 2 unspecified atom stereocenters. The number of nitrogens with zero attached hydrogens (tertiary/aromatic N) is 3. The molecule has 210 valence electrons. The van der Waals surface area contributed by atoms with Gasteiger partial charge in [0, 0.05) is 49.1 Å². The van der Waals surface area contributed by atoms with E-state index >= 15 is 0 Å². The molecule has 3 aromatic rings. The standard InChI is InChI=1S/C29H38N4O6/c1-19(13-14-30-27(35)39-29(3,4)5)38-28(36)37-18-33-16-15-32(20(33)2)17-21-11-12-24-25(26(21)34)22-9-7-8-10-23(22)31(24)6/h7-10,15-16,19,21H,11-14,17-18H2,1-6H3/p+1. The minimum Gasteiger partial charge on any atom is -0.444 e. The number of alkyl carbamates (subject to hydrolysis) is 1. The van der Waals surface area contributed by atoms with Gasteiger partial charge in [0.15, 0.2) is 5.78 Å². The SMILES string of the molecule is Cc1n(CC2CCc3c(c4ccccc4n3C)C2=O)cc[n+]1COC(=O)OC(C)CCNC(=O)OC(C)(C)C. The van der Waals surface area contributed by atoms with E-state index in [0.29, 0.717) is 19.5 Å². The van der Waals surface area contributed by atoms with Crippen molar-refractivity contribution in [1.82, 2.24) is 14.5 Å². The molecule has 1 aromatic carbocycles. The average Bonchev–Trinajstić information content (AvgIpc) is 3.35. The van der Waals surface area contributed by atoms with Gasteiger partial charge in [0.25, 0.3) is 5.82 Å². The number of aryl methyl sites for hydroxylation is 1. The van der Waals surface area contributed by atoms with Crippen molar-refractivity contribution < 1.29 is 33.2 Å². The van der Waals surface area contributed by atoms with Gasteiger partial charge in [0.1, 0.15) is 30.6 Å². The number of amides is 1. The third kappa shape index (κ3) is 6.61. The van der Waals surface area contributed by atoms with Crippen molar-refractivity contribution in [3.63, 3.8) is 0 Å². The van der Waals surface area contributed by atoms with Gasteiger partial charge in [-0.25, -0.2) is 14.2 Å². The normalized spacial score (nSPS) is 16.1. The van der Waals surface area contributed by atoms with Crippen LogP contribution < -0.4 is 9.88 Å². The van der Waals surface area contributed by atoms with E-state index in [1.54, 1.807) is 32.3 Å². The van der Waals surface area contributed by atoms with Crippen molar-refractivity contribution in [1.29, 1.82) is 0 Å². The van der Waals surface area contributed by atoms with Crippen molar-refractivity contribution in [2.75, 3.05) is 6.54 Å². The van der Waals surface area contributed by atoms with Gasteiger partial charge in [-0.05, 0) is 46.6 Å². The van der Waals surface area contributed by atoms with Crippen LogP contribution in [0, 0.1) is 12.8 Å². The molecule has 0 radical (unpaired) electrons. The first-order valence-corrected chi connectivity index (χ1v) is 13.4. The second kappa shape index (κ2) is 11.5. The Morgan fingerprint density at radius 2 is 1.97 bits per heavy atom. The van der Waals surface area contributed by atoms with Gasteiger partial charge >= 0.3 is 12.2 Å². The molecule has 2 aromatic heterocycles. The van der Waals surface area contributed by atoms with Crippen LogP contribution in [0.25, 0.3) is 10.9 Å². The highest BCUT2D eigenvalue weighted by Gasteiger charge is 2.34. The summed E-state index contributed by atoms with van der Waals surface area (Å²) in [6.45, 7) is 9.89. The number of benzene rings is 1. The van der Waals surface area contributed by atoms with Crippen LogP contribution in [-0.4, -0.2) is 45.4 Å². The zero-order chi connectivity index (χ0) is 28.3. The van der Waals surface area contributed by atoms with Crippen LogP contribution in [0.15, 0.2) is 36.7 Å². The molecule has 0 saturated carbocycles. The lowest BCUT2D eigenvalue weighted by atomic mass is 9.85. The molecule has 10 heteroatoms. The quantitative estimate of drug-likeness (QED) is 0.335. The van der Waals surface area contributed by atoms with Crippen molar-refractivity contribution in [2.24, 2.45) is 13.0 Å². The lowest BCUT2D eigenvalue weighted by Crippen LogP contribution is -2.39. The summed E-state index contributed by atoms with van der Waals surface area (Å²) in [7, 11) is 2.03. The van der Waals surface area contributed by atoms with Crippen LogP contribution in [0.5, 0.6) is 0 Å². The fourth-order valence-electron chi connectivity index (χ4n) is 5.01. The Morgan fingerprint density at radius 1 is 1.23 bits per heavy atom. The highest BCUT2D eigenvalue weighted by Crippen LogP contribution is 2.34. The summed E-state index contributed by atoms with van der Waals surface area (Å²) in [4.78, 5) is 37.4. The van der Waals surface area contributed by atoms with E-state index in [9.17, 15) is 14.4 Å². The Labute approximate surface area is 228 Å². The Morgan fingerprint density at radius 3 is 2.72 bits per heavy atom. The molecular weight excluding hydrogens is 500 g/mol. The molecule has 1 aliphatic rings. The van der Waals surface area contributed by atoms with Gasteiger partial charge in [-0.15, -0.1) is 0 Å². The number of ether oxygens (including phenoxy) is 3. The smallest absolute Gasteiger partial charge is 0.444 e. The van der Waals surface area contributed by atoms with Gasteiger partial charge in [0.05, 0.1) is 5.92 Å². The van der Waals surface area contributed by atoms with E-state index in [1.165, 1.54) is 0 Å². The molecule has 10 nitrogen and oxygen atoms in total. The van der Waals surface area contributed by atoms with E-state index in [-0.39, 0.29) is 18.4 Å². The van der Waals surface area contributed by atoms with Crippen molar-refractivity contribution >= 4 is 28.9 Å². The van der Waals surface area contributed by atoms with Crippen LogP contribution in [0.1, 0.15) is 62.4 Å². The Hall–Kier alpha value is -3.82. The fourth-order valence-corrected chi connectivity index (χ4v) is 5.01. The number of Topliss-reactive ketones (excluding diaryl/α,β-unsaturated/α-hetero) is 1. The molecule has 1 aliphatic carbocycles. The van der Waals surface area contributed by atoms with Crippen LogP contribution in [0.2, 0.25) is 0 Å².